The van der Waals surface area contributed by atoms with Crippen molar-refractivity contribution in [3.63, 3.8) is 0 Å². The van der Waals surface area contributed by atoms with Crippen molar-refractivity contribution < 1.29 is 9.47 Å². The Bertz CT molecular complexity index is 830. The van der Waals surface area contributed by atoms with Gasteiger partial charge in [-0.3, -0.25) is 0 Å². The summed E-state index contributed by atoms with van der Waals surface area (Å²) in [5, 5.41) is 2.67. The van der Waals surface area contributed by atoms with Gasteiger partial charge in [0.2, 0.25) is 0 Å². The van der Waals surface area contributed by atoms with Gasteiger partial charge in [0.05, 0.1) is 7.11 Å². The fraction of sp³-hybridized carbons (Fsp3) is 0.100. The van der Waals surface area contributed by atoms with Gasteiger partial charge in [0.1, 0.15) is 17.8 Å². The van der Waals surface area contributed by atoms with Gasteiger partial charge < -0.3 is 9.47 Å². The third kappa shape index (κ3) is 2.50. The lowest BCUT2D eigenvalue weighted by atomic mass is 10.0. The van der Waals surface area contributed by atoms with Crippen molar-refractivity contribution in [2.75, 3.05) is 13.5 Å². The Hall–Kier alpha value is -2.31. The summed E-state index contributed by atoms with van der Waals surface area (Å²) in [5.41, 5.74) is 2.34. The largest absolute Gasteiger partial charge is 0.496 e. The molecular weight excluding hydrogens is 303 g/mol. The van der Waals surface area contributed by atoms with Crippen LogP contribution in [0.2, 0.25) is 0 Å². The third-order valence-electron chi connectivity index (χ3n) is 4.08. The van der Waals surface area contributed by atoms with Crippen LogP contribution < -0.4 is 20.1 Å². The topological polar surface area (TPSA) is 18.5 Å². The van der Waals surface area contributed by atoms with Crippen LogP contribution in [0.3, 0.4) is 0 Å². The van der Waals surface area contributed by atoms with E-state index in [1.54, 1.807) is 7.11 Å². The lowest BCUT2D eigenvalue weighted by Crippen LogP contribution is -2.11. The van der Waals surface area contributed by atoms with Crippen LogP contribution in [0.1, 0.15) is 0 Å². The van der Waals surface area contributed by atoms with E-state index in [1.807, 2.05) is 12.1 Å². The van der Waals surface area contributed by atoms with Crippen LogP contribution >= 0.6 is 7.92 Å². The van der Waals surface area contributed by atoms with Crippen molar-refractivity contribution in [3.05, 3.63) is 72.8 Å². The summed E-state index contributed by atoms with van der Waals surface area (Å²) in [6.45, 7) is 0. The molecule has 0 fully saturated rings. The summed E-state index contributed by atoms with van der Waals surface area (Å²) in [5.74, 6) is 1.90. The summed E-state index contributed by atoms with van der Waals surface area (Å²) < 4.78 is 11.6. The minimum absolute atomic E-state index is 0.496. The fourth-order valence-electron chi connectivity index (χ4n) is 3.01. The predicted molar refractivity (Wildman–Crippen MR) is 96.6 cm³/mol. The summed E-state index contributed by atoms with van der Waals surface area (Å²) in [6.07, 6.45) is 0.751. The third-order valence-corrected chi connectivity index (χ3v) is 6.39. The maximum absolute atomic E-state index is 5.99. The van der Waals surface area contributed by atoms with E-state index in [-0.39, 0.29) is 0 Å². The van der Waals surface area contributed by atoms with Gasteiger partial charge in [0.15, 0.2) is 0 Å². The summed E-state index contributed by atoms with van der Waals surface area (Å²) >= 11 is 0. The molecule has 1 heterocycles. The van der Waals surface area contributed by atoms with Gasteiger partial charge >= 0.3 is 0 Å². The molecule has 3 aromatic rings. The lowest BCUT2D eigenvalue weighted by molar-refractivity contribution is 0.402. The molecule has 4 rings (SSSR count). The highest BCUT2D eigenvalue weighted by Crippen LogP contribution is 2.47. The van der Waals surface area contributed by atoms with E-state index < -0.39 is 7.92 Å². The van der Waals surface area contributed by atoms with E-state index in [4.69, 9.17) is 9.47 Å². The first kappa shape index (κ1) is 14.3. The Morgan fingerprint density at radius 2 is 1.57 bits per heavy atom. The van der Waals surface area contributed by atoms with E-state index in [9.17, 15) is 0 Å². The Morgan fingerprint density at radius 1 is 0.826 bits per heavy atom. The lowest BCUT2D eigenvalue weighted by Gasteiger charge is -2.16. The SMILES string of the molecule is COc1ccccc1-c1cccc2c1[P@](c1ccccc1)CO2. The second-order valence-electron chi connectivity index (χ2n) is 5.39. The van der Waals surface area contributed by atoms with E-state index in [2.05, 4.69) is 60.7 Å². The Kier molecular flexibility index (Phi) is 3.77. The van der Waals surface area contributed by atoms with Gasteiger partial charge in [-0.1, -0.05) is 60.7 Å². The number of benzene rings is 3. The number of fused-ring (bicyclic) bond motifs is 1. The predicted octanol–water partition coefficient (Wildman–Crippen LogP) is 4.14. The quantitative estimate of drug-likeness (QED) is 0.675. The van der Waals surface area contributed by atoms with Crippen LogP contribution in [-0.2, 0) is 0 Å². The van der Waals surface area contributed by atoms with Crippen LogP contribution in [0.25, 0.3) is 11.1 Å². The molecule has 0 aliphatic carbocycles. The Morgan fingerprint density at radius 3 is 2.39 bits per heavy atom. The molecule has 1 aliphatic heterocycles. The van der Waals surface area contributed by atoms with Crippen LogP contribution in [0, 0.1) is 0 Å². The van der Waals surface area contributed by atoms with Crippen molar-refractivity contribution in [2.45, 2.75) is 0 Å². The number of hydrogen-bond acceptors (Lipinski definition) is 2. The molecule has 0 saturated heterocycles. The first-order valence-corrected chi connectivity index (χ1v) is 9.13. The zero-order valence-electron chi connectivity index (χ0n) is 12.9. The highest BCUT2D eigenvalue weighted by Gasteiger charge is 2.29. The van der Waals surface area contributed by atoms with Gasteiger partial charge in [0, 0.05) is 10.9 Å². The molecule has 0 unspecified atom stereocenters. The smallest absolute Gasteiger partial charge is 0.128 e. The van der Waals surface area contributed by atoms with Gasteiger partial charge in [-0.2, -0.15) is 0 Å². The van der Waals surface area contributed by atoms with E-state index in [1.165, 1.54) is 16.2 Å². The molecule has 0 amide bonds. The maximum atomic E-state index is 5.99. The van der Waals surface area contributed by atoms with Gasteiger partial charge in [-0.25, -0.2) is 0 Å². The molecular formula is C20H17O2P. The Balaban J connectivity index is 1.90. The first-order chi connectivity index (χ1) is 11.4. The molecule has 114 valence electrons. The molecule has 0 radical (unpaired) electrons. The minimum atomic E-state index is -0.496. The molecule has 23 heavy (non-hydrogen) atoms. The average molecular weight is 320 g/mol. The molecule has 0 saturated carbocycles. The monoisotopic (exact) mass is 320 g/mol. The van der Waals surface area contributed by atoms with Crippen molar-refractivity contribution in [1.82, 2.24) is 0 Å². The summed E-state index contributed by atoms with van der Waals surface area (Å²) in [6, 6.07) is 25.1. The van der Waals surface area contributed by atoms with Crippen LogP contribution in [0.5, 0.6) is 11.5 Å². The molecule has 0 spiro atoms. The first-order valence-electron chi connectivity index (χ1n) is 7.60. The normalized spacial score (nSPS) is 15.8. The van der Waals surface area contributed by atoms with Gasteiger partial charge in [0.25, 0.3) is 0 Å². The van der Waals surface area contributed by atoms with Crippen molar-refractivity contribution in [3.8, 4) is 22.6 Å². The summed E-state index contributed by atoms with van der Waals surface area (Å²) in [7, 11) is 1.23. The molecule has 2 nitrogen and oxygen atoms in total. The fourth-order valence-corrected chi connectivity index (χ4v) is 5.24. The molecule has 1 aliphatic rings. The molecule has 0 bridgehead atoms. The van der Waals surface area contributed by atoms with Gasteiger partial charge in [-0.05, 0) is 30.9 Å². The zero-order chi connectivity index (χ0) is 15.6. The van der Waals surface area contributed by atoms with Crippen LogP contribution in [0.4, 0.5) is 0 Å². The zero-order valence-corrected chi connectivity index (χ0v) is 13.8. The van der Waals surface area contributed by atoms with Crippen molar-refractivity contribution in [2.24, 2.45) is 0 Å². The van der Waals surface area contributed by atoms with Crippen LogP contribution in [0.15, 0.2) is 72.8 Å². The van der Waals surface area contributed by atoms with E-state index in [0.717, 1.165) is 23.4 Å². The second kappa shape index (κ2) is 6.06. The number of methoxy groups -OCH3 is 1. The molecule has 3 aromatic carbocycles. The second-order valence-corrected chi connectivity index (χ2v) is 7.47. The minimum Gasteiger partial charge on any atom is -0.496 e. The van der Waals surface area contributed by atoms with Crippen molar-refractivity contribution >= 4 is 18.5 Å². The molecule has 3 heteroatoms. The highest BCUT2D eigenvalue weighted by atomic mass is 31.1. The number of hydrogen-bond donors (Lipinski definition) is 0. The Labute approximate surface area is 137 Å². The van der Waals surface area contributed by atoms with E-state index in [0.29, 0.717) is 0 Å². The molecule has 0 aromatic heterocycles. The molecule has 0 N–H and O–H groups in total. The highest BCUT2D eigenvalue weighted by molar-refractivity contribution is 7.73. The maximum Gasteiger partial charge on any atom is 0.128 e. The van der Waals surface area contributed by atoms with Gasteiger partial charge in [-0.15, -0.1) is 0 Å². The van der Waals surface area contributed by atoms with E-state index >= 15 is 0 Å². The van der Waals surface area contributed by atoms with Crippen molar-refractivity contribution in [1.29, 1.82) is 0 Å². The number of para-hydroxylation sites is 1. The molecule has 1 atom stereocenters. The standard InChI is InChI=1S/C20H17O2P/c1-21-18-12-6-5-10-16(18)17-11-7-13-19-20(17)23(14-22-19)15-8-3-2-4-9-15/h2-13H,14H2,1H3/t23-/m0/s1. The number of rotatable bonds is 3. The number of ether oxygens (including phenoxy) is 2. The van der Waals surface area contributed by atoms with Crippen LogP contribution in [-0.4, -0.2) is 13.5 Å². The summed E-state index contributed by atoms with van der Waals surface area (Å²) in [4.78, 5) is 0. The average Bonchev–Trinajstić information content (AvgIpc) is 3.06.